The summed E-state index contributed by atoms with van der Waals surface area (Å²) in [4.78, 5) is 0. The molecule has 3 aromatic rings. The lowest BCUT2D eigenvalue weighted by molar-refractivity contribution is 0.687. The van der Waals surface area contributed by atoms with Crippen molar-refractivity contribution in [1.82, 2.24) is 19.6 Å². The number of nitrogens with one attached hydrogen (secondary N) is 2. The molecule has 1 aromatic carbocycles. The number of aromatic nitrogens is 4. The number of rotatable bonds is 4. The highest BCUT2D eigenvalue weighted by atomic mass is 32.1. The summed E-state index contributed by atoms with van der Waals surface area (Å²) in [5.74, 6) is 0. The van der Waals surface area contributed by atoms with Crippen LogP contribution >= 0.6 is 12.2 Å². The quantitative estimate of drug-likeness (QED) is 0.703. The molecule has 0 spiro atoms. The summed E-state index contributed by atoms with van der Waals surface area (Å²) in [5, 5.41) is 15.7. The zero-order chi connectivity index (χ0) is 18.0. The van der Waals surface area contributed by atoms with Crippen molar-refractivity contribution in [2.75, 3.05) is 10.6 Å². The average Bonchev–Trinajstić information content (AvgIpc) is 3.09. The predicted octanol–water partition coefficient (Wildman–Crippen LogP) is 3.40. The minimum atomic E-state index is 0.522. The Kier molecular flexibility index (Phi) is 4.85. The Labute approximate surface area is 152 Å². The second kappa shape index (κ2) is 7.06. The third-order valence-corrected chi connectivity index (χ3v) is 4.31. The van der Waals surface area contributed by atoms with E-state index in [9.17, 15) is 0 Å². The molecule has 0 radical (unpaired) electrons. The maximum Gasteiger partial charge on any atom is 0.175 e. The van der Waals surface area contributed by atoms with E-state index in [1.807, 2.05) is 36.5 Å². The maximum atomic E-state index is 5.40. The topological polar surface area (TPSA) is 59.7 Å². The average molecular weight is 354 g/mol. The van der Waals surface area contributed by atoms with Gasteiger partial charge in [0.25, 0.3) is 0 Å². The zero-order valence-electron chi connectivity index (χ0n) is 14.9. The zero-order valence-corrected chi connectivity index (χ0v) is 15.7. The van der Waals surface area contributed by atoms with Gasteiger partial charge >= 0.3 is 0 Å². The van der Waals surface area contributed by atoms with Crippen LogP contribution in [0.15, 0.2) is 36.7 Å². The van der Waals surface area contributed by atoms with Crippen molar-refractivity contribution < 1.29 is 0 Å². The molecule has 6 nitrogen and oxygen atoms in total. The van der Waals surface area contributed by atoms with Gasteiger partial charge in [-0.1, -0.05) is 29.8 Å². The molecule has 0 aliphatic carbocycles. The van der Waals surface area contributed by atoms with E-state index in [2.05, 4.69) is 52.0 Å². The van der Waals surface area contributed by atoms with Gasteiger partial charge in [-0.05, 0) is 38.6 Å². The normalized spacial score (nSPS) is 10.7. The van der Waals surface area contributed by atoms with Crippen LogP contribution in [-0.2, 0) is 13.6 Å². The molecule has 0 aliphatic rings. The van der Waals surface area contributed by atoms with Gasteiger partial charge in [-0.15, -0.1) is 0 Å². The highest BCUT2D eigenvalue weighted by molar-refractivity contribution is 7.80. The fourth-order valence-electron chi connectivity index (χ4n) is 2.63. The van der Waals surface area contributed by atoms with E-state index in [1.165, 1.54) is 11.1 Å². The molecule has 2 heterocycles. The Bertz CT molecular complexity index is 891. The highest BCUT2D eigenvalue weighted by Crippen LogP contribution is 2.19. The minimum Gasteiger partial charge on any atom is -0.330 e. The first-order valence-electron chi connectivity index (χ1n) is 8.08. The molecule has 0 amide bonds. The maximum absolute atomic E-state index is 5.40. The Morgan fingerprint density at radius 2 is 1.84 bits per heavy atom. The summed E-state index contributed by atoms with van der Waals surface area (Å²) >= 11 is 5.40. The summed E-state index contributed by atoms with van der Waals surface area (Å²) in [6, 6.07) is 8.44. The van der Waals surface area contributed by atoms with Gasteiger partial charge in [0, 0.05) is 13.2 Å². The SMILES string of the molecule is Cc1ccc(Cn2cc(NC(=S)Nc3c(C)nn(C)c3C)cn2)cc1. The third-order valence-electron chi connectivity index (χ3n) is 4.10. The summed E-state index contributed by atoms with van der Waals surface area (Å²) in [6.45, 7) is 6.77. The van der Waals surface area contributed by atoms with Crippen molar-refractivity contribution in [3.05, 3.63) is 59.2 Å². The van der Waals surface area contributed by atoms with Crippen LogP contribution in [-0.4, -0.2) is 24.7 Å². The molecule has 0 fully saturated rings. The first-order chi connectivity index (χ1) is 11.9. The second-order valence-electron chi connectivity index (χ2n) is 6.16. The summed E-state index contributed by atoms with van der Waals surface area (Å²) in [7, 11) is 1.92. The van der Waals surface area contributed by atoms with Crippen LogP contribution < -0.4 is 10.6 Å². The number of nitrogens with zero attached hydrogens (tertiary/aromatic N) is 4. The number of hydrogen-bond donors (Lipinski definition) is 2. The van der Waals surface area contributed by atoms with E-state index < -0.39 is 0 Å². The number of hydrogen-bond acceptors (Lipinski definition) is 3. The lowest BCUT2D eigenvalue weighted by Gasteiger charge is -2.09. The molecule has 25 heavy (non-hydrogen) atoms. The summed E-state index contributed by atoms with van der Waals surface area (Å²) in [5.41, 5.74) is 6.21. The van der Waals surface area contributed by atoms with Crippen LogP contribution in [0, 0.1) is 20.8 Å². The lowest BCUT2D eigenvalue weighted by Crippen LogP contribution is -2.19. The molecule has 0 bridgehead atoms. The van der Waals surface area contributed by atoms with E-state index in [4.69, 9.17) is 12.2 Å². The summed E-state index contributed by atoms with van der Waals surface area (Å²) < 4.78 is 3.72. The van der Waals surface area contributed by atoms with E-state index in [1.54, 1.807) is 6.20 Å². The van der Waals surface area contributed by atoms with Crippen molar-refractivity contribution in [1.29, 1.82) is 0 Å². The lowest BCUT2D eigenvalue weighted by atomic mass is 10.1. The standard InChI is InChI=1S/C18H22N6S/c1-12-5-7-15(8-6-12)10-24-11-16(9-19-24)20-18(25)21-17-13(2)22-23(4)14(17)3/h5-9,11H,10H2,1-4H3,(H2,20,21,25). The molecule has 7 heteroatoms. The third kappa shape index (κ3) is 4.06. The van der Waals surface area contributed by atoms with Gasteiger partial charge in [-0.3, -0.25) is 9.36 Å². The molecule has 0 saturated heterocycles. The predicted molar refractivity (Wildman–Crippen MR) is 105 cm³/mol. The molecule has 2 aromatic heterocycles. The number of thiocarbonyl (C=S) groups is 1. The Balaban J connectivity index is 1.62. The van der Waals surface area contributed by atoms with Gasteiger partial charge in [-0.2, -0.15) is 10.2 Å². The van der Waals surface area contributed by atoms with Gasteiger partial charge in [0.05, 0.1) is 35.5 Å². The van der Waals surface area contributed by atoms with Crippen molar-refractivity contribution >= 4 is 28.7 Å². The van der Waals surface area contributed by atoms with Crippen LogP contribution in [0.5, 0.6) is 0 Å². The molecule has 3 rings (SSSR count). The Hall–Kier alpha value is -2.67. The van der Waals surface area contributed by atoms with Crippen molar-refractivity contribution in [2.45, 2.75) is 27.3 Å². The second-order valence-corrected chi connectivity index (χ2v) is 6.57. The molecule has 0 aliphatic heterocycles. The minimum absolute atomic E-state index is 0.522. The van der Waals surface area contributed by atoms with Crippen molar-refractivity contribution in [3.63, 3.8) is 0 Å². The Morgan fingerprint density at radius 3 is 2.48 bits per heavy atom. The number of benzene rings is 1. The van der Waals surface area contributed by atoms with Gasteiger partial charge in [-0.25, -0.2) is 0 Å². The number of anilines is 2. The van der Waals surface area contributed by atoms with E-state index in [0.29, 0.717) is 5.11 Å². The van der Waals surface area contributed by atoms with Gasteiger partial charge < -0.3 is 10.6 Å². The van der Waals surface area contributed by atoms with E-state index in [0.717, 1.165) is 29.3 Å². The van der Waals surface area contributed by atoms with Crippen LogP contribution in [0.3, 0.4) is 0 Å². The van der Waals surface area contributed by atoms with Gasteiger partial charge in [0.2, 0.25) is 0 Å². The van der Waals surface area contributed by atoms with Crippen LogP contribution in [0.1, 0.15) is 22.5 Å². The largest absolute Gasteiger partial charge is 0.330 e. The Morgan fingerprint density at radius 1 is 1.12 bits per heavy atom. The molecule has 0 unspecified atom stereocenters. The molecular weight excluding hydrogens is 332 g/mol. The molecule has 2 N–H and O–H groups in total. The van der Waals surface area contributed by atoms with Gasteiger partial charge in [0.1, 0.15) is 0 Å². The smallest absolute Gasteiger partial charge is 0.175 e. The fourth-order valence-corrected chi connectivity index (χ4v) is 2.85. The first kappa shape index (κ1) is 17.2. The van der Waals surface area contributed by atoms with Gasteiger partial charge in [0.15, 0.2) is 5.11 Å². The van der Waals surface area contributed by atoms with E-state index in [-0.39, 0.29) is 0 Å². The van der Waals surface area contributed by atoms with Crippen LogP contribution in [0.4, 0.5) is 11.4 Å². The van der Waals surface area contributed by atoms with Crippen molar-refractivity contribution in [2.24, 2.45) is 7.05 Å². The molecular formula is C18H22N6S. The van der Waals surface area contributed by atoms with E-state index >= 15 is 0 Å². The van der Waals surface area contributed by atoms with Crippen LogP contribution in [0.2, 0.25) is 0 Å². The number of aryl methyl sites for hydroxylation is 3. The van der Waals surface area contributed by atoms with Crippen molar-refractivity contribution in [3.8, 4) is 0 Å². The van der Waals surface area contributed by atoms with Crippen LogP contribution in [0.25, 0.3) is 0 Å². The fraction of sp³-hybridized carbons (Fsp3) is 0.278. The molecule has 0 atom stereocenters. The first-order valence-corrected chi connectivity index (χ1v) is 8.49. The highest BCUT2D eigenvalue weighted by Gasteiger charge is 2.11. The molecule has 0 saturated carbocycles. The summed E-state index contributed by atoms with van der Waals surface area (Å²) in [6.07, 6.45) is 3.71. The molecule has 130 valence electrons. The monoisotopic (exact) mass is 354 g/mol.